The molecule has 0 heterocycles. The predicted molar refractivity (Wildman–Crippen MR) is 57.1 cm³/mol. The van der Waals surface area contributed by atoms with E-state index in [-0.39, 0.29) is 23.2 Å². The summed E-state index contributed by atoms with van der Waals surface area (Å²) in [4.78, 5) is 16.2. The van der Waals surface area contributed by atoms with Crippen molar-refractivity contribution in [3.05, 3.63) is 12.2 Å². The third-order valence-electron chi connectivity index (χ3n) is 1.77. The lowest BCUT2D eigenvalue weighted by atomic mass is 10.4. The van der Waals surface area contributed by atoms with Crippen molar-refractivity contribution in [2.75, 3.05) is 26.4 Å². The maximum absolute atomic E-state index is 11.2. The minimum atomic E-state index is -4.21. The number of hydrogen-bond acceptors (Lipinski definition) is 5. The maximum Gasteiger partial charge on any atom is 0.392 e. The molecule has 0 fully saturated rings. The molecule has 0 spiro atoms. The molecule has 94 valence electrons. The molecular formula is C9H17NO5S. The Hall–Kier alpha value is -0.920. The standard InChI is InChI=1S/C9H17NO5S/c1-8(2)9(11)15-10(3,4)6-5-7-16(12,13)14/h1,5-7H2,2-4H3. The van der Waals surface area contributed by atoms with Crippen molar-refractivity contribution >= 4 is 16.1 Å². The number of hydrogen-bond donors (Lipinski definition) is 0. The van der Waals surface area contributed by atoms with Crippen LogP contribution in [0, 0.1) is 0 Å². The van der Waals surface area contributed by atoms with E-state index in [9.17, 15) is 17.8 Å². The van der Waals surface area contributed by atoms with Crippen LogP contribution in [0.15, 0.2) is 12.2 Å². The number of quaternary nitrogens is 1. The van der Waals surface area contributed by atoms with Crippen molar-refractivity contribution in [3.63, 3.8) is 0 Å². The molecule has 6 nitrogen and oxygen atoms in total. The Labute approximate surface area is 95.8 Å². The molecule has 0 saturated heterocycles. The highest BCUT2D eigenvalue weighted by molar-refractivity contribution is 7.85. The van der Waals surface area contributed by atoms with Crippen LogP contribution in [0.3, 0.4) is 0 Å². The number of hydroxylamine groups is 3. The van der Waals surface area contributed by atoms with Gasteiger partial charge in [0.25, 0.3) is 0 Å². The summed E-state index contributed by atoms with van der Waals surface area (Å²) in [5.41, 5.74) is 0.266. The van der Waals surface area contributed by atoms with Crippen LogP contribution in [0.1, 0.15) is 13.3 Å². The summed E-state index contributed by atoms with van der Waals surface area (Å²) < 4.78 is 31.0. The predicted octanol–water partition coefficient (Wildman–Crippen LogP) is 0.0324. The summed E-state index contributed by atoms with van der Waals surface area (Å²) >= 11 is 0. The maximum atomic E-state index is 11.2. The minimum Gasteiger partial charge on any atom is -0.748 e. The Balaban J connectivity index is 4.16. The molecule has 16 heavy (non-hydrogen) atoms. The zero-order valence-electron chi connectivity index (χ0n) is 9.73. The van der Waals surface area contributed by atoms with Gasteiger partial charge in [-0.05, 0) is 6.92 Å². The van der Waals surface area contributed by atoms with Gasteiger partial charge in [-0.1, -0.05) is 6.58 Å². The van der Waals surface area contributed by atoms with Gasteiger partial charge >= 0.3 is 5.97 Å². The SMILES string of the molecule is C=C(C)C(=O)O[N+](C)(C)CCCS(=O)(=O)[O-]. The van der Waals surface area contributed by atoms with E-state index in [0.717, 1.165) is 0 Å². The molecule has 0 aliphatic rings. The van der Waals surface area contributed by atoms with E-state index in [2.05, 4.69) is 6.58 Å². The molecule has 0 aromatic rings. The van der Waals surface area contributed by atoms with Gasteiger partial charge in [-0.3, -0.25) is 4.84 Å². The van der Waals surface area contributed by atoms with E-state index in [1.54, 1.807) is 14.1 Å². The molecular weight excluding hydrogens is 234 g/mol. The van der Waals surface area contributed by atoms with Crippen LogP contribution < -0.4 is 0 Å². The molecule has 0 amide bonds. The first-order chi connectivity index (χ1) is 7.03. The molecule has 0 aromatic heterocycles. The van der Waals surface area contributed by atoms with Gasteiger partial charge in [0.1, 0.15) is 20.6 Å². The summed E-state index contributed by atoms with van der Waals surface area (Å²) in [6.45, 7) is 5.20. The summed E-state index contributed by atoms with van der Waals surface area (Å²) in [7, 11) is -1.02. The summed E-state index contributed by atoms with van der Waals surface area (Å²) in [6.07, 6.45) is 0.141. The van der Waals surface area contributed by atoms with Gasteiger partial charge in [0.05, 0.1) is 10.1 Å². The van der Waals surface area contributed by atoms with Crippen LogP contribution in [-0.4, -0.2) is 50.0 Å². The fraction of sp³-hybridized carbons (Fsp3) is 0.667. The first-order valence-corrected chi connectivity index (χ1v) is 6.27. The number of carbonyl (C=O) groups excluding carboxylic acids is 1. The Bertz CT molecular complexity index is 371. The van der Waals surface area contributed by atoms with Crippen molar-refractivity contribution in [1.82, 2.24) is 0 Å². The second-order valence-electron chi connectivity index (χ2n) is 4.07. The molecule has 0 rings (SSSR count). The fourth-order valence-corrected chi connectivity index (χ4v) is 1.45. The summed E-state index contributed by atoms with van der Waals surface area (Å²) in [5.74, 6) is -1.01. The lowest BCUT2D eigenvalue weighted by molar-refractivity contribution is -1.06. The van der Waals surface area contributed by atoms with Gasteiger partial charge < -0.3 is 4.55 Å². The molecule has 0 atom stereocenters. The van der Waals surface area contributed by atoms with Gasteiger partial charge in [-0.25, -0.2) is 13.2 Å². The van der Waals surface area contributed by atoms with Crippen LogP contribution in [0.5, 0.6) is 0 Å². The highest BCUT2D eigenvalue weighted by atomic mass is 32.2. The van der Waals surface area contributed by atoms with Gasteiger partial charge in [0.15, 0.2) is 0 Å². The Morgan fingerprint density at radius 3 is 2.31 bits per heavy atom. The van der Waals surface area contributed by atoms with E-state index >= 15 is 0 Å². The van der Waals surface area contributed by atoms with Crippen molar-refractivity contribution in [3.8, 4) is 0 Å². The summed E-state index contributed by atoms with van der Waals surface area (Å²) in [5, 5.41) is 0. The molecule has 0 N–H and O–H groups in total. The lowest BCUT2D eigenvalue weighted by Gasteiger charge is -2.26. The number of rotatable bonds is 6. The van der Waals surface area contributed by atoms with Crippen LogP contribution in [0.25, 0.3) is 0 Å². The molecule has 0 aliphatic carbocycles. The molecule has 7 heteroatoms. The average Bonchev–Trinajstić information content (AvgIpc) is 1.99. The van der Waals surface area contributed by atoms with E-state index in [1.807, 2.05) is 0 Å². The second-order valence-corrected chi connectivity index (χ2v) is 5.60. The first-order valence-electron chi connectivity index (χ1n) is 4.69. The summed E-state index contributed by atoms with van der Waals surface area (Å²) in [6, 6.07) is 0. The smallest absolute Gasteiger partial charge is 0.392 e. The molecule has 0 aromatic carbocycles. The highest BCUT2D eigenvalue weighted by Crippen LogP contribution is 2.05. The molecule has 0 saturated carbocycles. The van der Waals surface area contributed by atoms with E-state index in [0.29, 0.717) is 0 Å². The molecule has 0 bridgehead atoms. The third-order valence-corrected chi connectivity index (χ3v) is 2.56. The van der Waals surface area contributed by atoms with Gasteiger partial charge in [-0.2, -0.15) is 0 Å². The lowest BCUT2D eigenvalue weighted by Crippen LogP contribution is -2.43. The zero-order valence-corrected chi connectivity index (χ0v) is 10.5. The second kappa shape index (κ2) is 5.42. The minimum absolute atomic E-state index is 0.138. The van der Waals surface area contributed by atoms with Gasteiger partial charge in [-0.15, -0.1) is 4.65 Å². The Morgan fingerprint density at radius 1 is 1.44 bits per heavy atom. The largest absolute Gasteiger partial charge is 0.748 e. The Morgan fingerprint density at radius 2 is 1.94 bits per heavy atom. The van der Waals surface area contributed by atoms with Gasteiger partial charge in [0.2, 0.25) is 0 Å². The normalized spacial score (nSPS) is 12.2. The van der Waals surface area contributed by atoms with Crippen molar-refractivity contribution in [1.29, 1.82) is 0 Å². The topological polar surface area (TPSA) is 83.5 Å². The first kappa shape index (κ1) is 15.1. The van der Waals surface area contributed by atoms with Crippen molar-refractivity contribution < 1.29 is 27.2 Å². The fourth-order valence-electron chi connectivity index (χ4n) is 0.970. The van der Waals surface area contributed by atoms with E-state index in [1.165, 1.54) is 6.92 Å². The van der Waals surface area contributed by atoms with Crippen molar-refractivity contribution in [2.45, 2.75) is 13.3 Å². The van der Waals surface area contributed by atoms with Crippen LogP contribution in [0.4, 0.5) is 0 Å². The third kappa shape index (κ3) is 7.38. The van der Waals surface area contributed by atoms with Crippen LogP contribution >= 0.6 is 0 Å². The monoisotopic (exact) mass is 251 g/mol. The number of nitrogens with zero attached hydrogens (tertiary/aromatic N) is 1. The van der Waals surface area contributed by atoms with Crippen LogP contribution in [0.2, 0.25) is 0 Å². The number of carbonyl (C=O) groups is 1. The zero-order chi connectivity index (χ0) is 13.0. The van der Waals surface area contributed by atoms with E-state index < -0.39 is 21.8 Å². The van der Waals surface area contributed by atoms with Crippen LogP contribution in [-0.2, 0) is 19.8 Å². The Kier molecular flexibility index (Phi) is 5.11. The van der Waals surface area contributed by atoms with Crippen molar-refractivity contribution in [2.24, 2.45) is 0 Å². The highest BCUT2D eigenvalue weighted by Gasteiger charge is 2.22. The molecule has 0 unspecified atom stereocenters. The average molecular weight is 251 g/mol. The van der Waals surface area contributed by atoms with E-state index in [4.69, 9.17) is 4.84 Å². The molecule has 0 radical (unpaired) electrons. The quantitative estimate of drug-likeness (QED) is 0.288. The van der Waals surface area contributed by atoms with Gasteiger partial charge in [0, 0.05) is 17.7 Å². The molecule has 0 aliphatic heterocycles.